The molecular weight excluding hydrogens is 228 g/mol. The van der Waals surface area contributed by atoms with Gasteiger partial charge in [-0.05, 0) is 49.4 Å². The quantitative estimate of drug-likeness (QED) is 0.667. The Bertz CT molecular complexity index is 374. The molecule has 0 aromatic heterocycles. The molecule has 3 heteroatoms. The number of aliphatic hydroxyl groups is 3. The van der Waals surface area contributed by atoms with Crippen molar-refractivity contribution >= 4 is 0 Å². The standard InChI is InChI=1S/C15H26O3/c1-12(2)6-10-7-14(17)4-5-15(18,9-16)13(14,3)11(10)8-12/h10-11,16-18H,4-9H2,1-3H3/t10-,11-,13+,14+,15-/m1/s1. The van der Waals surface area contributed by atoms with Crippen molar-refractivity contribution in [2.45, 2.75) is 64.1 Å². The number of rotatable bonds is 1. The van der Waals surface area contributed by atoms with Crippen molar-refractivity contribution in [2.75, 3.05) is 6.61 Å². The molecule has 3 nitrogen and oxygen atoms in total. The lowest BCUT2D eigenvalue weighted by atomic mass is 9.63. The summed E-state index contributed by atoms with van der Waals surface area (Å²) in [6, 6.07) is 0. The van der Waals surface area contributed by atoms with E-state index in [0.29, 0.717) is 30.1 Å². The summed E-state index contributed by atoms with van der Waals surface area (Å²) in [5.41, 5.74) is -2.09. The van der Waals surface area contributed by atoms with Crippen LogP contribution in [-0.2, 0) is 0 Å². The average molecular weight is 254 g/mol. The van der Waals surface area contributed by atoms with E-state index in [4.69, 9.17) is 0 Å². The van der Waals surface area contributed by atoms with Crippen LogP contribution in [0.25, 0.3) is 0 Å². The summed E-state index contributed by atoms with van der Waals surface area (Å²) >= 11 is 0. The van der Waals surface area contributed by atoms with Gasteiger partial charge in [0.15, 0.2) is 0 Å². The monoisotopic (exact) mass is 254 g/mol. The maximum absolute atomic E-state index is 11.0. The lowest BCUT2D eigenvalue weighted by Gasteiger charge is -2.46. The third-order valence-electron chi connectivity index (χ3n) is 6.64. The van der Waals surface area contributed by atoms with Gasteiger partial charge in [0.25, 0.3) is 0 Å². The molecule has 3 fully saturated rings. The van der Waals surface area contributed by atoms with Gasteiger partial charge in [-0.15, -0.1) is 0 Å². The van der Waals surface area contributed by atoms with Gasteiger partial charge in [-0.1, -0.05) is 20.8 Å². The van der Waals surface area contributed by atoms with E-state index in [0.717, 1.165) is 19.3 Å². The van der Waals surface area contributed by atoms with Crippen LogP contribution < -0.4 is 0 Å². The molecule has 3 rings (SSSR count). The molecule has 0 bridgehead atoms. The number of aliphatic hydroxyl groups excluding tert-OH is 1. The minimum absolute atomic E-state index is 0.227. The van der Waals surface area contributed by atoms with Gasteiger partial charge < -0.3 is 15.3 Å². The predicted molar refractivity (Wildman–Crippen MR) is 68.9 cm³/mol. The SMILES string of the molecule is CC1(C)C[C@@H]2C[C@@]3(O)CC[C@@](O)(CO)[C@@]3(C)[C@@H]2C1. The molecule has 0 saturated heterocycles. The normalized spacial score (nSPS) is 57.7. The molecule has 0 aliphatic heterocycles. The summed E-state index contributed by atoms with van der Waals surface area (Å²) in [5, 5.41) is 31.4. The molecule has 5 atom stereocenters. The molecule has 3 aliphatic carbocycles. The topological polar surface area (TPSA) is 60.7 Å². The Morgan fingerprint density at radius 2 is 1.67 bits per heavy atom. The molecule has 0 unspecified atom stereocenters. The van der Waals surface area contributed by atoms with E-state index in [1.165, 1.54) is 0 Å². The Morgan fingerprint density at radius 3 is 2.28 bits per heavy atom. The first kappa shape index (κ1) is 12.9. The number of hydrogen-bond donors (Lipinski definition) is 3. The van der Waals surface area contributed by atoms with Crippen molar-refractivity contribution < 1.29 is 15.3 Å². The number of hydrogen-bond acceptors (Lipinski definition) is 3. The average Bonchev–Trinajstić information content (AvgIpc) is 2.75. The summed E-state index contributed by atoms with van der Waals surface area (Å²) in [5.74, 6) is 0.852. The van der Waals surface area contributed by atoms with Crippen LogP contribution in [-0.4, -0.2) is 33.1 Å². The van der Waals surface area contributed by atoms with Crippen LogP contribution in [0.15, 0.2) is 0 Å². The summed E-state index contributed by atoms with van der Waals surface area (Å²) < 4.78 is 0. The molecule has 0 spiro atoms. The summed E-state index contributed by atoms with van der Waals surface area (Å²) in [6.45, 7) is 6.35. The highest BCUT2D eigenvalue weighted by atomic mass is 16.3. The van der Waals surface area contributed by atoms with Gasteiger partial charge >= 0.3 is 0 Å². The van der Waals surface area contributed by atoms with E-state index >= 15 is 0 Å². The van der Waals surface area contributed by atoms with Gasteiger partial charge in [0.2, 0.25) is 0 Å². The molecule has 0 heterocycles. The fourth-order valence-corrected chi connectivity index (χ4v) is 5.63. The molecule has 3 saturated carbocycles. The fourth-order valence-electron chi connectivity index (χ4n) is 5.63. The first-order valence-electron chi connectivity index (χ1n) is 7.23. The largest absolute Gasteiger partial charge is 0.393 e. The molecule has 0 aromatic rings. The molecular formula is C15H26O3. The van der Waals surface area contributed by atoms with E-state index in [2.05, 4.69) is 13.8 Å². The highest BCUT2D eigenvalue weighted by molar-refractivity contribution is 5.23. The lowest BCUT2D eigenvalue weighted by molar-refractivity contribution is -0.163. The van der Waals surface area contributed by atoms with Gasteiger partial charge in [-0.3, -0.25) is 0 Å². The minimum Gasteiger partial charge on any atom is -0.393 e. The molecule has 0 radical (unpaired) electrons. The fraction of sp³-hybridized carbons (Fsp3) is 1.00. The maximum Gasteiger partial charge on any atom is 0.0961 e. The van der Waals surface area contributed by atoms with Crippen molar-refractivity contribution in [1.82, 2.24) is 0 Å². The third-order valence-corrected chi connectivity index (χ3v) is 6.64. The van der Waals surface area contributed by atoms with Crippen molar-refractivity contribution in [3.63, 3.8) is 0 Å². The van der Waals surface area contributed by atoms with Crippen LogP contribution in [0.2, 0.25) is 0 Å². The van der Waals surface area contributed by atoms with E-state index in [-0.39, 0.29) is 6.61 Å². The van der Waals surface area contributed by atoms with Crippen LogP contribution in [0.5, 0.6) is 0 Å². The van der Waals surface area contributed by atoms with E-state index in [1.807, 2.05) is 6.92 Å². The third kappa shape index (κ3) is 1.26. The van der Waals surface area contributed by atoms with Gasteiger partial charge in [0, 0.05) is 5.41 Å². The molecule has 3 aliphatic rings. The van der Waals surface area contributed by atoms with Crippen LogP contribution in [0.1, 0.15) is 52.9 Å². The molecule has 18 heavy (non-hydrogen) atoms. The molecule has 104 valence electrons. The lowest BCUT2D eigenvalue weighted by Crippen LogP contribution is -2.56. The van der Waals surface area contributed by atoms with Gasteiger partial charge in [-0.25, -0.2) is 0 Å². The van der Waals surface area contributed by atoms with Crippen LogP contribution in [0.3, 0.4) is 0 Å². The van der Waals surface area contributed by atoms with Crippen molar-refractivity contribution in [3.8, 4) is 0 Å². The van der Waals surface area contributed by atoms with Gasteiger partial charge in [0.1, 0.15) is 0 Å². The predicted octanol–water partition coefficient (Wildman–Crippen LogP) is 1.70. The second kappa shape index (κ2) is 3.31. The molecule has 3 N–H and O–H groups in total. The highest BCUT2D eigenvalue weighted by Gasteiger charge is 2.74. The van der Waals surface area contributed by atoms with E-state index < -0.39 is 16.6 Å². The Kier molecular flexibility index (Phi) is 2.37. The molecule has 0 amide bonds. The summed E-state index contributed by atoms with van der Waals surface area (Å²) in [6.07, 6.45) is 4.16. The Hall–Kier alpha value is -0.120. The zero-order valence-electron chi connectivity index (χ0n) is 11.7. The Labute approximate surface area is 109 Å². The Morgan fingerprint density at radius 1 is 1.00 bits per heavy atom. The second-order valence-electron chi connectivity index (χ2n) is 8.07. The zero-order valence-corrected chi connectivity index (χ0v) is 11.7. The maximum atomic E-state index is 11.0. The highest BCUT2D eigenvalue weighted by Crippen LogP contribution is 2.71. The van der Waals surface area contributed by atoms with Crippen LogP contribution >= 0.6 is 0 Å². The van der Waals surface area contributed by atoms with Gasteiger partial charge in [0.05, 0.1) is 17.8 Å². The smallest absolute Gasteiger partial charge is 0.0961 e. The van der Waals surface area contributed by atoms with E-state index in [1.54, 1.807) is 0 Å². The summed E-state index contributed by atoms with van der Waals surface area (Å²) in [7, 11) is 0. The second-order valence-corrected chi connectivity index (χ2v) is 8.07. The Balaban J connectivity index is 2.04. The van der Waals surface area contributed by atoms with Crippen LogP contribution in [0.4, 0.5) is 0 Å². The van der Waals surface area contributed by atoms with Crippen LogP contribution in [0, 0.1) is 22.7 Å². The minimum atomic E-state index is -1.10. The van der Waals surface area contributed by atoms with E-state index in [9.17, 15) is 15.3 Å². The first-order valence-corrected chi connectivity index (χ1v) is 7.23. The number of fused-ring (bicyclic) bond motifs is 3. The zero-order chi connectivity index (χ0) is 13.4. The van der Waals surface area contributed by atoms with Gasteiger partial charge in [-0.2, -0.15) is 0 Å². The van der Waals surface area contributed by atoms with Crippen molar-refractivity contribution in [2.24, 2.45) is 22.7 Å². The molecule has 0 aromatic carbocycles. The van der Waals surface area contributed by atoms with Crippen molar-refractivity contribution in [1.29, 1.82) is 0 Å². The van der Waals surface area contributed by atoms with Crippen molar-refractivity contribution in [3.05, 3.63) is 0 Å². The summed E-state index contributed by atoms with van der Waals surface area (Å²) in [4.78, 5) is 0. The first-order chi connectivity index (χ1) is 8.18.